The predicted molar refractivity (Wildman–Crippen MR) is 71.2 cm³/mol. The van der Waals surface area contributed by atoms with Crippen molar-refractivity contribution in [1.82, 2.24) is 10.0 Å². The number of rotatable bonds is 4. The number of carbonyl (C=O) groups excluding carboxylic acids is 2. The number of benzene rings is 1. The number of hydrogen-bond acceptors (Lipinski definition) is 5. The molecule has 0 heterocycles. The Hall–Kier alpha value is -2.35. The van der Waals surface area contributed by atoms with E-state index in [9.17, 15) is 18.0 Å². The molecular formula is C12H14N2O5S. The summed E-state index contributed by atoms with van der Waals surface area (Å²) in [6.45, 7) is 5.04. The van der Waals surface area contributed by atoms with Crippen LogP contribution in [0.1, 0.15) is 5.56 Å². The summed E-state index contributed by atoms with van der Waals surface area (Å²) in [5.74, 6) is -0.868. The molecule has 0 fully saturated rings. The van der Waals surface area contributed by atoms with E-state index in [0.29, 0.717) is 0 Å². The zero-order chi connectivity index (χ0) is 15.3. The summed E-state index contributed by atoms with van der Waals surface area (Å²) < 4.78 is 29.8. The summed E-state index contributed by atoms with van der Waals surface area (Å²) >= 11 is 0. The van der Waals surface area contributed by atoms with Crippen LogP contribution in [-0.2, 0) is 19.6 Å². The normalized spacial score (nSPS) is 10.5. The highest BCUT2D eigenvalue weighted by molar-refractivity contribution is 7.90. The van der Waals surface area contributed by atoms with Crippen molar-refractivity contribution in [1.29, 1.82) is 0 Å². The second-order valence-electron chi connectivity index (χ2n) is 3.84. The summed E-state index contributed by atoms with van der Waals surface area (Å²) in [6, 6.07) is 4.82. The van der Waals surface area contributed by atoms with E-state index in [1.165, 1.54) is 12.1 Å². The molecule has 0 spiro atoms. The Morgan fingerprint density at radius 2 is 1.75 bits per heavy atom. The van der Waals surface area contributed by atoms with Crippen LogP contribution in [0.2, 0.25) is 0 Å². The lowest BCUT2D eigenvalue weighted by atomic mass is 10.2. The molecule has 20 heavy (non-hydrogen) atoms. The van der Waals surface area contributed by atoms with E-state index in [1.54, 1.807) is 23.8 Å². The molecule has 0 aromatic heterocycles. The fourth-order valence-corrected chi connectivity index (χ4v) is 2.14. The van der Waals surface area contributed by atoms with Crippen LogP contribution in [0.25, 0.3) is 0 Å². The third kappa shape index (κ3) is 4.09. The van der Waals surface area contributed by atoms with E-state index in [0.717, 1.165) is 12.7 Å². The second kappa shape index (κ2) is 6.20. The standard InChI is InChI=1S/C12H14N2O5S/c1-8-4-6-10(7-5-8)20(17,18)14-12(16)13-9(2)11(15)19-3/h4-7H,2H2,1,3H3,(H2,13,14,16). The van der Waals surface area contributed by atoms with Gasteiger partial charge in [0.1, 0.15) is 5.70 Å². The predicted octanol–water partition coefficient (Wildman–Crippen LogP) is 0.670. The van der Waals surface area contributed by atoms with Gasteiger partial charge in [-0.3, -0.25) is 0 Å². The molecule has 108 valence electrons. The third-order valence-corrected chi connectivity index (χ3v) is 3.60. The SMILES string of the molecule is C=C(NC(=O)NS(=O)(=O)c1ccc(C)cc1)C(=O)OC. The third-order valence-electron chi connectivity index (χ3n) is 2.25. The second-order valence-corrected chi connectivity index (χ2v) is 5.53. The number of sulfonamides is 1. The molecule has 7 nitrogen and oxygen atoms in total. The van der Waals surface area contributed by atoms with Gasteiger partial charge < -0.3 is 10.1 Å². The van der Waals surface area contributed by atoms with Gasteiger partial charge in [0, 0.05) is 0 Å². The Balaban J connectivity index is 2.76. The van der Waals surface area contributed by atoms with Crippen LogP contribution in [0, 0.1) is 6.92 Å². The summed E-state index contributed by atoms with van der Waals surface area (Å²) in [5, 5.41) is 1.97. The van der Waals surface area contributed by atoms with Crippen molar-refractivity contribution in [3.8, 4) is 0 Å². The van der Waals surface area contributed by atoms with Gasteiger partial charge >= 0.3 is 12.0 Å². The van der Waals surface area contributed by atoms with Gasteiger partial charge in [-0.1, -0.05) is 24.3 Å². The largest absolute Gasteiger partial charge is 0.464 e. The fraction of sp³-hybridized carbons (Fsp3) is 0.167. The van der Waals surface area contributed by atoms with Crippen LogP contribution in [0.15, 0.2) is 41.4 Å². The molecule has 0 aliphatic carbocycles. The van der Waals surface area contributed by atoms with Gasteiger partial charge in [0.2, 0.25) is 0 Å². The average molecular weight is 298 g/mol. The maximum absolute atomic E-state index is 11.9. The maximum Gasteiger partial charge on any atom is 0.353 e. The molecule has 0 aliphatic heterocycles. The minimum atomic E-state index is -4.01. The van der Waals surface area contributed by atoms with Crippen LogP contribution in [0.3, 0.4) is 0 Å². The number of methoxy groups -OCH3 is 1. The minimum absolute atomic E-state index is 0.0677. The summed E-state index contributed by atoms with van der Waals surface area (Å²) in [6.07, 6.45) is 0. The highest BCUT2D eigenvalue weighted by atomic mass is 32.2. The van der Waals surface area contributed by atoms with Gasteiger partial charge in [-0.25, -0.2) is 22.7 Å². The van der Waals surface area contributed by atoms with Gasteiger partial charge in [-0.05, 0) is 19.1 Å². The molecule has 0 saturated heterocycles. The van der Waals surface area contributed by atoms with Crippen LogP contribution >= 0.6 is 0 Å². The lowest BCUT2D eigenvalue weighted by Gasteiger charge is -2.09. The number of ether oxygens (including phenoxy) is 1. The molecule has 0 saturated carbocycles. The molecule has 1 rings (SSSR count). The molecule has 0 aliphatic rings. The maximum atomic E-state index is 11.9. The molecule has 8 heteroatoms. The lowest BCUT2D eigenvalue weighted by Crippen LogP contribution is -2.40. The van der Waals surface area contributed by atoms with E-state index in [2.05, 4.69) is 11.3 Å². The number of hydrogen-bond donors (Lipinski definition) is 2. The quantitative estimate of drug-likeness (QED) is 0.628. The van der Waals surface area contributed by atoms with Crippen molar-refractivity contribution in [3.05, 3.63) is 42.1 Å². The monoisotopic (exact) mass is 298 g/mol. The first-order valence-corrected chi connectivity index (χ1v) is 6.92. The Kier molecular flexibility index (Phi) is 4.87. The molecule has 0 unspecified atom stereocenters. The van der Waals surface area contributed by atoms with Gasteiger partial charge in [0.15, 0.2) is 0 Å². The average Bonchev–Trinajstić information content (AvgIpc) is 2.37. The number of aryl methyl sites for hydroxylation is 1. The Morgan fingerprint density at radius 1 is 1.20 bits per heavy atom. The van der Waals surface area contributed by atoms with Crippen molar-refractivity contribution in [3.63, 3.8) is 0 Å². The fourth-order valence-electron chi connectivity index (χ4n) is 1.24. The summed E-state index contributed by atoms with van der Waals surface area (Å²) in [4.78, 5) is 22.4. The molecule has 1 aromatic carbocycles. The zero-order valence-corrected chi connectivity index (χ0v) is 11.8. The van der Waals surface area contributed by atoms with Crippen molar-refractivity contribution in [2.75, 3.05) is 7.11 Å². The molecule has 1 aromatic rings. The van der Waals surface area contributed by atoms with Gasteiger partial charge in [-0.15, -0.1) is 0 Å². The van der Waals surface area contributed by atoms with E-state index in [4.69, 9.17) is 0 Å². The smallest absolute Gasteiger partial charge is 0.353 e. The van der Waals surface area contributed by atoms with Gasteiger partial charge in [0.05, 0.1) is 12.0 Å². The van der Waals surface area contributed by atoms with E-state index in [1.807, 2.05) is 5.32 Å². The summed E-state index contributed by atoms with van der Waals surface area (Å²) in [7, 11) is -2.90. The molecule has 0 atom stereocenters. The van der Waals surface area contributed by atoms with Crippen molar-refractivity contribution in [2.45, 2.75) is 11.8 Å². The van der Waals surface area contributed by atoms with Crippen LogP contribution in [-0.4, -0.2) is 27.5 Å². The first kappa shape index (κ1) is 15.7. The number of esters is 1. The van der Waals surface area contributed by atoms with Crippen molar-refractivity contribution in [2.24, 2.45) is 0 Å². The molecule has 0 radical (unpaired) electrons. The topological polar surface area (TPSA) is 102 Å². The van der Waals surface area contributed by atoms with Crippen molar-refractivity contribution < 1.29 is 22.7 Å². The number of nitrogens with one attached hydrogen (secondary N) is 2. The Morgan fingerprint density at radius 3 is 2.25 bits per heavy atom. The van der Waals surface area contributed by atoms with E-state index >= 15 is 0 Å². The number of urea groups is 1. The zero-order valence-electron chi connectivity index (χ0n) is 11.0. The molecular weight excluding hydrogens is 284 g/mol. The highest BCUT2D eigenvalue weighted by Gasteiger charge is 2.19. The molecule has 2 amide bonds. The molecule has 2 N–H and O–H groups in total. The summed E-state index contributed by atoms with van der Waals surface area (Å²) in [5.41, 5.74) is 0.511. The Bertz CT molecular complexity index is 634. The van der Waals surface area contributed by atoms with Crippen LogP contribution < -0.4 is 10.0 Å². The minimum Gasteiger partial charge on any atom is -0.464 e. The van der Waals surface area contributed by atoms with Gasteiger partial charge in [-0.2, -0.15) is 0 Å². The van der Waals surface area contributed by atoms with Crippen LogP contribution in [0.5, 0.6) is 0 Å². The van der Waals surface area contributed by atoms with E-state index < -0.39 is 22.0 Å². The Labute approximate surface area is 116 Å². The lowest BCUT2D eigenvalue weighted by molar-refractivity contribution is -0.136. The van der Waals surface area contributed by atoms with E-state index in [-0.39, 0.29) is 10.6 Å². The number of carbonyl (C=O) groups is 2. The molecule has 0 bridgehead atoms. The van der Waals surface area contributed by atoms with Crippen LogP contribution in [0.4, 0.5) is 4.79 Å². The number of amides is 2. The first-order valence-electron chi connectivity index (χ1n) is 5.44. The highest BCUT2D eigenvalue weighted by Crippen LogP contribution is 2.09. The van der Waals surface area contributed by atoms with Crippen molar-refractivity contribution >= 4 is 22.0 Å². The van der Waals surface area contributed by atoms with Gasteiger partial charge in [0.25, 0.3) is 10.0 Å². The first-order chi connectivity index (χ1) is 9.26.